The van der Waals surface area contributed by atoms with Gasteiger partial charge in [-0.1, -0.05) is 109 Å². The third-order valence-electron chi connectivity index (χ3n) is 16.6. The van der Waals surface area contributed by atoms with Crippen molar-refractivity contribution in [3.05, 3.63) is 198 Å². The summed E-state index contributed by atoms with van der Waals surface area (Å²) in [5, 5.41) is 29.7. The van der Waals surface area contributed by atoms with E-state index >= 15 is 0 Å². The molecule has 1 saturated carbocycles. The second kappa shape index (κ2) is 28.6. The zero-order chi connectivity index (χ0) is 61.2. The number of ether oxygens (including phenoxy) is 1. The van der Waals surface area contributed by atoms with Gasteiger partial charge >= 0.3 is 27.0 Å². The van der Waals surface area contributed by atoms with E-state index in [1.807, 2.05) is 140 Å². The molecule has 5 aromatic carbocycles. The molecular weight excluding hydrogens is 1320 g/mol. The number of hydrogen-bond acceptors (Lipinski definition) is 17. The third-order valence-corrected chi connectivity index (χ3v) is 16.6. The minimum absolute atomic E-state index is 0. The fourth-order valence-electron chi connectivity index (χ4n) is 11.8. The van der Waals surface area contributed by atoms with Crippen molar-refractivity contribution in [2.24, 2.45) is 5.92 Å². The predicted molar refractivity (Wildman–Crippen MR) is 341 cm³/mol. The number of H-pyrrole nitrogens is 1. The Labute approximate surface area is 537 Å². The summed E-state index contributed by atoms with van der Waals surface area (Å²) in [4.78, 5) is 78.8. The van der Waals surface area contributed by atoms with Gasteiger partial charge in [-0.3, -0.25) is 14.7 Å². The number of nitrogens with one attached hydrogen (secondary N) is 1. The van der Waals surface area contributed by atoms with Crippen molar-refractivity contribution in [2.75, 3.05) is 7.11 Å². The van der Waals surface area contributed by atoms with E-state index in [-0.39, 0.29) is 44.3 Å². The van der Waals surface area contributed by atoms with Crippen LogP contribution >= 0.6 is 0 Å². The first-order chi connectivity index (χ1) is 44.3. The molecule has 0 aliphatic heterocycles. The minimum atomic E-state index is -0.532. The number of carbonyl (C=O) groups is 3. The number of rotatable bonds is 6. The summed E-state index contributed by atoms with van der Waals surface area (Å²) >= 11 is 0. The van der Waals surface area contributed by atoms with Crippen molar-refractivity contribution in [3.63, 3.8) is 0 Å². The average molecular weight is 1390 g/mol. The van der Waals surface area contributed by atoms with Gasteiger partial charge in [-0.25, -0.2) is 54.6 Å². The van der Waals surface area contributed by atoms with Gasteiger partial charge in [0.05, 0.1) is 40.6 Å². The summed E-state index contributed by atoms with van der Waals surface area (Å²) in [6.45, 7) is 0. The fourth-order valence-corrected chi connectivity index (χ4v) is 11.8. The number of nitrogens with zero attached hydrogens (tertiary/aromatic N) is 15. The zero-order valence-electron chi connectivity index (χ0n) is 50.0. The Kier molecular flexibility index (Phi) is 19.2. The second-order valence-electron chi connectivity index (χ2n) is 22.5. The van der Waals surface area contributed by atoms with Crippen LogP contribution in [0.2, 0.25) is 0 Å². The van der Waals surface area contributed by atoms with Crippen molar-refractivity contribution >= 4 is 72.1 Å². The minimum Gasteiger partial charge on any atom is -0.572 e. The van der Waals surface area contributed by atoms with Crippen molar-refractivity contribution in [3.8, 4) is 34.6 Å². The molecular formula is C70H62N16O4Pt. The summed E-state index contributed by atoms with van der Waals surface area (Å²) in [6, 6.07) is 39.0. The standard InChI is InChI=1S/C15H14N4.2C15H13N4.C15H14N2O2.C10H8N2O2.Pt/c3*1-3-7-12-10(5-1)9-16-15(17-12)14-11-6-2-4-8-13(11)18-19-14;18-13-8-4-2-6-11(13)14(19)15-16-9-10-5-1-3-7-12(10)17-15;1-14-10(13)9-11-6-7-4-2-3-5-8(7)12-9;/h1,3,5,7,9H,2,4,6,8H2,(H,18,19);2*1,3,5,7,9H,2,4,6,8H2;1,3,5,7,9,11H,2,4,6,8H2;2-6H,1H3;/q;2*-1;;;+2. The average Bonchev–Trinajstić information content (AvgIpc) is 2.12. The van der Waals surface area contributed by atoms with Gasteiger partial charge in [0.25, 0.3) is 0 Å². The number of benzene rings is 5. The van der Waals surface area contributed by atoms with E-state index in [9.17, 15) is 14.4 Å². The molecule has 0 bridgehead atoms. The SMILES string of the molecule is COC(=O)c1ncc2ccccc2n1.O=C1CCCCC1C(=O)c1ncc2ccccc2n1.[Pt+2].c1ccc2nc(-c3[n-]nc4c3CCCC4)ncc2c1.c1ccc2nc(-c3[n-]nc4c3CCCC4)ncc2c1.c1ccc2nc(-c3n[nH]c4c3CCCC4)ncc2c1. The Morgan fingerprint density at radius 2 is 0.846 bits per heavy atom. The van der Waals surface area contributed by atoms with E-state index in [0.717, 1.165) is 140 Å². The number of aromatic amines is 1. The monoisotopic (exact) mass is 1390 g/mol. The van der Waals surface area contributed by atoms with Crippen LogP contribution in [0.5, 0.6) is 0 Å². The van der Waals surface area contributed by atoms with Crippen LogP contribution in [0, 0.1) is 5.92 Å². The van der Waals surface area contributed by atoms with Crippen molar-refractivity contribution in [2.45, 2.75) is 103 Å². The summed E-state index contributed by atoms with van der Waals surface area (Å²) in [7, 11) is 1.31. The number of carbonyl (C=O) groups excluding carboxylic acids is 3. The Hall–Kier alpha value is -10.1. The molecule has 1 unspecified atom stereocenters. The first-order valence-corrected chi connectivity index (χ1v) is 30.7. The van der Waals surface area contributed by atoms with Crippen LogP contribution in [0.3, 0.4) is 0 Å². The molecule has 456 valence electrons. The molecule has 17 rings (SSSR count). The number of methoxy groups -OCH3 is 1. The fraction of sp³-hybridized carbons (Fsp3) is 0.257. The molecule has 0 radical (unpaired) electrons. The molecule has 21 heteroatoms. The smallest absolute Gasteiger partial charge is 0.572 e. The maximum absolute atomic E-state index is 12.3. The third kappa shape index (κ3) is 13.9. The number of Topliss-reactive ketones (excluding diaryl/α,β-unsaturated/α-hetero) is 2. The van der Waals surface area contributed by atoms with Gasteiger partial charge in [0.1, 0.15) is 23.1 Å². The quantitative estimate of drug-likeness (QED) is 0.0920. The molecule has 13 aromatic rings. The van der Waals surface area contributed by atoms with Crippen LogP contribution in [0.15, 0.2) is 152 Å². The molecule has 91 heavy (non-hydrogen) atoms. The molecule has 4 aliphatic carbocycles. The number of esters is 1. The van der Waals surface area contributed by atoms with Crippen LogP contribution in [0.4, 0.5) is 0 Å². The maximum atomic E-state index is 12.3. The van der Waals surface area contributed by atoms with Gasteiger partial charge in [0.2, 0.25) is 11.6 Å². The topological polar surface area (TPSA) is 272 Å². The second-order valence-corrected chi connectivity index (χ2v) is 22.5. The summed E-state index contributed by atoms with van der Waals surface area (Å²) in [6.07, 6.45) is 25.5. The molecule has 1 atom stereocenters. The summed E-state index contributed by atoms with van der Waals surface area (Å²) < 4.78 is 4.52. The van der Waals surface area contributed by atoms with Crippen LogP contribution in [-0.2, 0) is 69.1 Å². The molecule has 0 saturated heterocycles. The van der Waals surface area contributed by atoms with E-state index in [1.165, 1.54) is 68.0 Å². The first-order valence-electron chi connectivity index (χ1n) is 30.7. The predicted octanol–water partition coefficient (Wildman–Crippen LogP) is 11.9. The number of fused-ring (bicyclic) bond motifs is 8. The molecule has 0 amide bonds. The maximum Gasteiger partial charge on any atom is 2.00 e. The van der Waals surface area contributed by atoms with Crippen LogP contribution in [-0.4, -0.2) is 94.9 Å². The van der Waals surface area contributed by atoms with Crippen molar-refractivity contribution in [1.29, 1.82) is 0 Å². The Bertz CT molecular complexity index is 4450. The van der Waals surface area contributed by atoms with Gasteiger partial charge in [-0.15, -0.1) is 0 Å². The van der Waals surface area contributed by atoms with Gasteiger partial charge in [0, 0.05) is 87.0 Å². The number of aromatic nitrogens is 16. The Balaban J connectivity index is 0.000000110. The van der Waals surface area contributed by atoms with Crippen LogP contribution in [0.25, 0.3) is 89.1 Å². The van der Waals surface area contributed by atoms with Crippen LogP contribution < -0.4 is 10.2 Å². The van der Waals surface area contributed by atoms with E-state index < -0.39 is 11.9 Å². The van der Waals surface area contributed by atoms with Gasteiger partial charge in [0.15, 0.2) is 11.6 Å². The van der Waals surface area contributed by atoms with Crippen molar-refractivity contribution in [1.82, 2.24) is 80.4 Å². The molecule has 1 N–H and O–H groups in total. The van der Waals surface area contributed by atoms with Crippen molar-refractivity contribution < 1.29 is 40.2 Å². The molecule has 8 heterocycles. The van der Waals surface area contributed by atoms with Gasteiger partial charge < -0.3 is 25.1 Å². The Morgan fingerprint density at radius 1 is 0.451 bits per heavy atom. The number of para-hydroxylation sites is 5. The normalized spacial score (nSPS) is 14.7. The summed E-state index contributed by atoms with van der Waals surface area (Å²) in [5.41, 5.74) is 14.4. The zero-order valence-corrected chi connectivity index (χ0v) is 52.3. The van der Waals surface area contributed by atoms with E-state index in [4.69, 9.17) is 0 Å². The molecule has 4 aliphatic rings. The summed E-state index contributed by atoms with van der Waals surface area (Å²) in [5.74, 6) is 1.15. The largest absolute Gasteiger partial charge is 2.00 e. The van der Waals surface area contributed by atoms with E-state index in [1.54, 1.807) is 12.4 Å². The van der Waals surface area contributed by atoms with Gasteiger partial charge in [-0.2, -0.15) is 5.10 Å². The van der Waals surface area contributed by atoms with E-state index in [2.05, 4.69) is 85.2 Å². The number of ketones is 2. The molecule has 20 nitrogen and oxygen atoms in total. The van der Waals surface area contributed by atoms with Gasteiger partial charge in [-0.05, 0) is 131 Å². The van der Waals surface area contributed by atoms with Crippen LogP contribution in [0.1, 0.15) is 119 Å². The number of hydrogen-bond donors (Lipinski definition) is 1. The Morgan fingerprint density at radius 3 is 1.34 bits per heavy atom. The first kappa shape index (κ1) is 61.2. The molecule has 1 fully saturated rings. The number of aryl methyl sites for hydroxylation is 3. The molecule has 8 aromatic heterocycles. The molecule has 0 spiro atoms. The van der Waals surface area contributed by atoms with E-state index in [0.29, 0.717) is 24.5 Å².